The molecule has 0 atom stereocenters. The summed E-state index contributed by atoms with van der Waals surface area (Å²) in [5, 5.41) is 0.546. The molecule has 9 heteroatoms. The van der Waals surface area contributed by atoms with Gasteiger partial charge >= 0.3 is 0 Å². The van der Waals surface area contributed by atoms with Gasteiger partial charge < -0.3 is 4.74 Å². The SMILES string of the molecule is CCOc1cccc2sc(N(Cc3ccccc3)C(=O)c3ccc(S(=O)(=O)N4CCc5ccccc5C4)cc3)nc12. The number of ether oxygens (including phenoxy) is 1. The molecule has 6 rings (SSSR count). The number of hydrogen-bond acceptors (Lipinski definition) is 6. The first kappa shape index (κ1) is 27.1. The first-order chi connectivity index (χ1) is 19.9. The lowest BCUT2D eigenvalue weighted by atomic mass is 10.0. The van der Waals surface area contributed by atoms with Crippen LogP contribution >= 0.6 is 11.3 Å². The number of rotatable bonds is 8. The van der Waals surface area contributed by atoms with Crippen molar-refractivity contribution in [1.82, 2.24) is 9.29 Å². The molecule has 0 saturated carbocycles. The summed E-state index contributed by atoms with van der Waals surface area (Å²) in [4.78, 5) is 20.6. The Morgan fingerprint density at radius 2 is 1.66 bits per heavy atom. The van der Waals surface area contributed by atoms with Crippen LogP contribution in [0, 0.1) is 0 Å². The molecule has 4 aromatic carbocycles. The minimum Gasteiger partial charge on any atom is -0.492 e. The molecule has 0 aliphatic carbocycles. The van der Waals surface area contributed by atoms with E-state index >= 15 is 0 Å². The third-order valence-electron chi connectivity index (χ3n) is 7.16. The standard InChI is InChI=1S/C32H29N3O4S2/c1-2-39-28-13-8-14-29-30(28)33-32(40-29)35(21-23-9-4-3-5-10-23)31(36)25-15-17-27(18-16-25)41(37,38)34-20-19-24-11-6-7-12-26(24)22-34/h3-18H,2,19-22H2,1H3. The van der Waals surface area contributed by atoms with Crippen LogP contribution in [0.2, 0.25) is 0 Å². The molecule has 41 heavy (non-hydrogen) atoms. The number of aromatic nitrogens is 1. The zero-order chi connectivity index (χ0) is 28.4. The summed E-state index contributed by atoms with van der Waals surface area (Å²) in [6, 6.07) is 29.6. The van der Waals surface area contributed by atoms with E-state index in [1.165, 1.54) is 33.3 Å². The van der Waals surface area contributed by atoms with Crippen LogP contribution in [0.15, 0.2) is 102 Å². The average molecular weight is 584 g/mol. The Kier molecular flexibility index (Phi) is 7.57. The number of anilines is 1. The monoisotopic (exact) mass is 583 g/mol. The van der Waals surface area contributed by atoms with E-state index in [9.17, 15) is 13.2 Å². The zero-order valence-corrected chi connectivity index (χ0v) is 24.2. The molecule has 0 saturated heterocycles. The van der Waals surface area contributed by atoms with Gasteiger partial charge in [0.05, 0.1) is 22.7 Å². The molecule has 2 heterocycles. The summed E-state index contributed by atoms with van der Waals surface area (Å²) in [6.45, 7) is 3.51. The van der Waals surface area contributed by atoms with Crippen LogP contribution < -0.4 is 9.64 Å². The second-order valence-electron chi connectivity index (χ2n) is 9.79. The number of thiazole rings is 1. The van der Waals surface area contributed by atoms with Crippen LogP contribution in [-0.2, 0) is 29.5 Å². The Balaban J connectivity index is 1.30. The van der Waals surface area contributed by atoms with Crippen molar-refractivity contribution in [2.75, 3.05) is 18.1 Å². The van der Waals surface area contributed by atoms with E-state index in [0.717, 1.165) is 15.8 Å². The van der Waals surface area contributed by atoms with Crippen LogP contribution in [0.4, 0.5) is 5.13 Å². The summed E-state index contributed by atoms with van der Waals surface area (Å²) < 4.78 is 35.1. The summed E-state index contributed by atoms with van der Waals surface area (Å²) in [5.74, 6) is 0.413. The van der Waals surface area contributed by atoms with E-state index in [2.05, 4.69) is 0 Å². The fourth-order valence-electron chi connectivity index (χ4n) is 5.04. The van der Waals surface area contributed by atoms with Crippen LogP contribution in [-0.4, -0.2) is 36.8 Å². The molecule has 0 unspecified atom stereocenters. The summed E-state index contributed by atoms with van der Waals surface area (Å²) in [6.07, 6.45) is 0.674. The first-order valence-corrected chi connectivity index (χ1v) is 15.7. The van der Waals surface area contributed by atoms with Gasteiger partial charge in [0.25, 0.3) is 5.91 Å². The number of amides is 1. The quantitative estimate of drug-likeness (QED) is 0.215. The summed E-state index contributed by atoms with van der Waals surface area (Å²) >= 11 is 1.42. The molecular weight excluding hydrogens is 555 g/mol. The Hall–Kier alpha value is -4.05. The third-order valence-corrected chi connectivity index (χ3v) is 10.1. The molecule has 0 radical (unpaired) electrons. The van der Waals surface area contributed by atoms with Crippen molar-refractivity contribution in [3.05, 3.63) is 119 Å². The fraction of sp³-hybridized carbons (Fsp3) is 0.188. The van der Waals surface area contributed by atoms with Crippen molar-refractivity contribution >= 4 is 42.6 Å². The maximum absolute atomic E-state index is 13.9. The molecule has 208 valence electrons. The highest BCUT2D eigenvalue weighted by atomic mass is 32.2. The minimum atomic E-state index is -3.71. The van der Waals surface area contributed by atoms with Crippen molar-refractivity contribution < 1.29 is 17.9 Å². The number of nitrogens with zero attached hydrogens (tertiary/aromatic N) is 3. The Bertz CT molecular complexity index is 1800. The highest BCUT2D eigenvalue weighted by Gasteiger charge is 2.29. The van der Waals surface area contributed by atoms with Gasteiger partial charge in [-0.2, -0.15) is 4.31 Å². The van der Waals surface area contributed by atoms with Gasteiger partial charge in [0.2, 0.25) is 10.0 Å². The second kappa shape index (κ2) is 11.4. The van der Waals surface area contributed by atoms with Crippen LogP contribution in [0.25, 0.3) is 10.2 Å². The zero-order valence-electron chi connectivity index (χ0n) is 22.6. The van der Waals surface area contributed by atoms with Crippen LogP contribution in [0.5, 0.6) is 5.75 Å². The lowest BCUT2D eigenvalue weighted by Crippen LogP contribution is -2.36. The van der Waals surface area contributed by atoms with E-state index in [0.29, 0.717) is 54.6 Å². The number of para-hydroxylation sites is 1. The highest BCUT2D eigenvalue weighted by Crippen LogP contribution is 2.35. The van der Waals surface area contributed by atoms with Crippen molar-refractivity contribution in [2.24, 2.45) is 0 Å². The maximum atomic E-state index is 13.9. The van der Waals surface area contributed by atoms with Crippen molar-refractivity contribution in [3.63, 3.8) is 0 Å². The molecule has 7 nitrogen and oxygen atoms in total. The number of carbonyl (C=O) groups excluding carboxylic acids is 1. The molecule has 0 N–H and O–H groups in total. The number of benzene rings is 4. The van der Waals surface area contributed by atoms with E-state index in [1.54, 1.807) is 17.0 Å². The van der Waals surface area contributed by atoms with Gasteiger partial charge in [0.1, 0.15) is 11.3 Å². The van der Waals surface area contributed by atoms with Gasteiger partial charge in [-0.25, -0.2) is 13.4 Å². The Morgan fingerprint density at radius 3 is 2.41 bits per heavy atom. The number of fused-ring (bicyclic) bond motifs is 2. The molecule has 1 aliphatic heterocycles. The lowest BCUT2D eigenvalue weighted by Gasteiger charge is -2.28. The largest absolute Gasteiger partial charge is 0.492 e. The van der Waals surface area contributed by atoms with E-state index in [-0.39, 0.29) is 10.8 Å². The maximum Gasteiger partial charge on any atom is 0.260 e. The predicted molar refractivity (Wildman–Crippen MR) is 162 cm³/mol. The molecule has 1 aliphatic rings. The van der Waals surface area contributed by atoms with Crippen molar-refractivity contribution in [1.29, 1.82) is 0 Å². The normalized spacial score (nSPS) is 13.6. The first-order valence-electron chi connectivity index (χ1n) is 13.5. The fourth-order valence-corrected chi connectivity index (χ4v) is 7.44. The molecule has 0 fully saturated rings. The summed E-state index contributed by atoms with van der Waals surface area (Å²) in [7, 11) is -3.71. The second-order valence-corrected chi connectivity index (χ2v) is 12.7. The number of carbonyl (C=O) groups is 1. The number of sulfonamides is 1. The van der Waals surface area contributed by atoms with E-state index in [1.807, 2.05) is 79.7 Å². The highest BCUT2D eigenvalue weighted by molar-refractivity contribution is 7.89. The average Bonchev–Trinajstić information content (AvgIpc) is 3.45. The Morgan fingerprint density at radius 1 is 0.927 bits per heavy atom. The number of hydrogen-bond donors (Lipinski definition) is 0. The van der Waals surface area contributed by atoms with Crippen LogP contribution in [0.3, 0.4) is 0 Å². The minimum absolute atomic E-state index is 0.171. The van der Waals surface area contributed by atoms with E-state index < -0.39 is 10.0 Å². The molecule has 1 aromatic heterocycles. The van der Waals surface area contributed by atoms with Crippen molar-refractivity contribution in [3.8, 4) is 5.75 Å². The van der Waals surface area contributed by atoms with Gasteiger partial charge in [0.15, 0.2) is 5.13 Å². The molecule has 0 bridgehead atoms. The molecular formula is C32H29N3O4S2. The van der Waals surface area contributed by atoms with Gasteiger partial charge in [-0.3, -0.25) is 9.69 Å². The molecule has 0 spiro atoms. The van der Waals surface area contributed by atoms with Gasteiger partial charge in [-0.1, -0.05) is 72.0 Å². The topological polar surface area (TPSA) is 79.8 Å². The Labute approximate surface area is 243 Å². The predicted octanol–water partition coefficient (Wildman–Crippen LogP) is 6.29. The molecule has 5 aromatic rings. The van der Waals surface area contributed by atoms with Crippen LogP contribution in [0.1, 0.15) is 34.0 Å². The van der Waals surface area contributed by atoms with E-state index in [4.69, 9.17) is 9.72 Å². The molecule has 1 amide bonds. The smallest absolute Gasteiger partial charge is 0.260 e. The van der Waals surface area contributed by atoms with Gasteiger partial charge in [-0.05, 0) is 66.4 Å². The van der Waals surface area contributed by atoms with Gasteiger partial charge in [0, 0.05) is 18.7 Å². The summed E-state index contributed by atoms with van der Waals surface area (Å²) in [5.41, 5.74) is 4.25. The van der Waals surface area contributed by atoms with Gasteiger partial charge in [-0.15, -0.1) is 0 Å². The third kappa shape index (κ3) is 5.48. The van der Waals surface area contributed by atoms with Crippen molar-refractivity contribution in [2.45, 2.75) is 31.3 Å². The lowest BCUT2D eigenvalue weighted by molar-refractivity contribution is 0.0985.